The van der Waals surface area contributed by atoms with Crippen LogP contribution in [0.5, 0.6) is 0 Å². The highest BCUT2D eigenvalue weighted by atomic mass is 32.2. The normalized spacial score (nSPS) is 22.8. The first-order valence-electron chi connectivity index (χ1n) is 8.48. The van der Waals surface area contributed by atoms with E-state index in [0.717, 1.165) is 0 Å². The maximum Gasteiger partial charge on any atom is 0.345 e. The third-order valence-electron chi connectivity index (χ3n) is 4.77. The fourth-order valence-corrected chi connectivity index (χ4v) is 5.25. The number of alkyl halides is 2. The van der Waals surface area contributed by atoms with E-state index in [9.17, 15) is 27.3 Å². The number of nitrogens with zero attached hydrogens (tertiary/aromatic N) is 1. The van der Waals surface area contributed by atoms with Crippen molar-refractivity contribution in [3.8, 4) is 6.07 Å². The molecule has 2 rings (SSSR count). The van der Waals surface area contributed by atoms with E-state index in [1.165, 1.54) is 43.4 Å². The summed E-state index contributed by atoms with van der Waals surface area (Å²) in [6.07, 6.45) is 3.47. The highest BCUT2D eigenvalue weighted by molar-refractivity contribution is 7.93. The van der Waals surface area contributed by atoms with Gasteiger partial charge in [0.05, 0.1) is 18.1 Å². The Morgan fingerprint density at radius 3 is 2.61 bits per heavy atom. The predicted octanol–water partition coefficient (Wildman–Crippen LogP) is 2.38. The number of allylic oxidation sites excluding steroid dienone is 3. The summed E-state index contributed by atoms with van der Waals surface area (Å²) in [4.78, 5) is 11.7. The minimum atomic E-state index is -4.08. The van der Waals surface area contributed by atoms with Gasteiger partial charge < -0.3 is 10.5 Å². The van der Waals surface area contributed by atoms with Crippen molar-refractivity contribution in [3.05, 3.63) is 59.7 Å². The van der Waals surface area contributed by atoms with Gasteiger partial charge >= 0.3 is 6.61 Å². The molecule has 6 nitrogen and oxygen atoms in total. The number of benzene rings is 1. The number of hydrogen-bond acceptors (Lipinski definition) is 5. The SMILES string of the molecule is CCS(=O)(=O)[C@@]1(C(Cc2ccccc2C(N)=O)OC(F)F)C=CC=CC1C#N. The number of primary amides is 1. The zero-order valence-corrected chi connectivity index (χ0v) is 15.9. The lowest BCUT2D eigenvalue weighted by Crippen LogP contribution is -2.56. The number of rotatable bonds is 8. The minimum absolute atomic E-state index is 0.0678. The van der Waals surface area contributed by atoms with Crippen LogP contribution in [-0.2, 0) is 21.0 Å². The van der Waals surface area contributed by atoms with E-state index in [2.05, 4.69) is 0 Å². The molecule has 0 saturated carbocycles. The lowest BCUT2D eigenvalue weighted by molar-refractivity contribution is -0.169. The predicted molar refractivity (Wildman–Crippen MR) is 99.1 cm³/mol. The van der Waals surface area contributed by atoms with Crippen molar-refractivity contribution >= 4 is 15.7 Å². The number of carbonyl (C=O) groups excluding carboxylic acids is 1. The van der Waals surface area contributed by atoms with Crippen molar-refractivity contribution in [1.82, 2.24) is 0 Å². The summed E-state index contributed by atoms with van der Waals surface area (Å²) in [6, 6.07) is 7.89. The second-order valence-electron chi connectivity index (χ2n) is 6.22. The van der Waals surface area contributed by atoms with E-state index < -0.39 is 39.1 Å². The minimum Gasteiger partial charge on any atom is -0.366 e. The van der Waals surface area contributed by atoms with Gasteiger partial charge in [0.1, 0.15) is 4.75 Å². The summed E-state index contributed by atoms with van der Waals surface area (Å²) in [5.41, 5.74) is 5.67. The molecule has 0 aliphatic heterocycles. The lowest BCUT2D eigenvalue weighted by Gasteiger charge is -2.40. The second-order valence-corrected chi connectivity index (χ2v) is 8.73. The van der Waals surface area contributed by atoms with Crippen molar-refractivity contribution < 1.29 is 26.7 Å². The molecule has 0 bridgehead atoms. The first-order valence-corrected chi connectivity index (χ1v) is 10.1. The van der Waals surface area contributed by atoms with Crippen LogP contribution in [0.15, 0.2) is 48.6 Å². The van der Waals surface area contributed by atoms with Crippen molar-refractivity contribution in [3.63, 3.8) is 0 Å². The number of amides is 1. The molecule has 0 aromatic heterocycles. The van der Waals surface area contributed by atoms with Crippen LogP contribution in [-0.4, -0.2) is 37.5 Å². The van der Waals surface area contributed by atoms with Gasteiger partial charge in [-0.2, -0.15) is 14.0 Å². The zero-order valence-electron chi connectivity index (χ0n) is 15.1. The van der Waals surface area contributed by atoms with E-state index in [-0.39, 0.29) is 23.3 Å². The van der Waals surface area contributed by atoms with Crippen LogP contribution < -0.4 is 5.73 Å². The van der Waals surface area contributed by atoms with E-state index >= 15 is 0 Å². The number of nitriles is 1. The molecule has 1 aliphatic rings. The quantitative estimate of drug-likeness (QED) is 0.707. The Hall–Kier alpha value is -2.57. The summed E-state index contributed by atoms with van der Waals surface area (Å²) in [7, 11) is -4.08. The van der Waals surface area contributed by atoms with Gasteiger partial charge in [-0.15, -0.1) is 0 Å². The summed E-state index contributed by atoms with van der Waals surface area (Å²) < 4.78 is 55.3. The zero-order chi connectivity index (χ0) is 20.9. The molecule has 0 fully saturated rings. The lowest BCUT2D eigenvalue weighted by atomic mass is 9.81. The molecule has 2 N–H and O–H groups in total. The fourth-order valence-electron chi connectivity index (χ4n) is 3.41. The van der Waals surface area contributed by atoms with E-state index in [4.69, 9.17) is 10.5 Å². The van der Waals surface area contributed by atoms with Gasteiger partial charge in [-0.05, 0) is 11.6 Å². The first-order chi connectivity index (χ1) is 13.2. The summed E-state index contributed by atoms with van der Waals surface area (Å²) >= 11 is 0. The number of hydrogen-bond donors (Lipinski definition) is 1. The van der Waals surface area contributed by atoms with Crippen LogP contribution in [0.1, 0.15) is 22.8 Å². The molecule has 0 spiro atoms. The molecule has 2 unspecified atom stereocenters. The van der Waals surface area contributed by atoms with Crippen molar-refractivity contribution in [2.75, 3.05) is 5.75 Å². The molecular weight excluding hydrogens is 390 g/mol. The van der Waals surface area contributed by atoms with Crippen LogP contribution in [0.25, 0.3) is 0 Å². The molecule has 28 heavy (non-hydrogen) atoms. The molecule has 150 valence electrons. The Morgan fingerprint density at radius 2 is 2.04 bits per heavy atom. The van der Waals surface area contributed by atoms with Crippen molar-refractivity contribution in [2.24, 2.45) is 11.7 Å². The molecule has 1 aromatic carbocycles. The van der Waals surface area contributed by atoms with Gasteiger partial charge in [0.15, 0.2) is 9.84 Å². The molecule has 9 heteroatoms. The standard InChI is InChI=1S/C19H20F2N2O4S/c1-2-28(25,26)19(10-6-5-8-14(19)12-22)16(27-18(20)21)11-13-7-3-4-9-15(13)17(23)24/h3-10,14,16,18H,2,11H2,1H3,(H2,23,24)/t14?,16?,19-/m0/s1. The molecule has 3 atom stereocenters. The molecule has 1 amide bonds. The second kappa shape index (κ2) is 8.63. The van der Waals surface area contributed by atoms with E-state index in [1.54, 1.807) is 12.1 Å². The summed E-state index contributed by atoms with van der Waals surface area (Å²) in [5, 5.41) is 9.56. The maximum atomic E-state index is 13.3. The van der Waals surface area contributed by atoms with Gasteiger partial charge in [0.2, 0.25) is 5.91 Å². The third-order valence-corrected chi connectivity index (χ3v) is 7.26. The Morgan fingerprint density at radius 1 is 1.36 bits per heavy atom. The van der Waals surface area contributed by atoms with Gasteiger partial charge in [0.25, 0.3) is 0 Å². The number of nitrogens with two attached hydrogens (primary N) is 1. The average molecular weight is 410 g/mol. The van der Waals surface area contributed by atoms with Crippen LogP contribution in [0.3, 0.4) is 0 Å². The highest BCUT2D eigenvalue weighted by Crippen LogP contribution is 2.40. The van der Waals surface area contributed by atoms with Crippen LogP contribution >= 0.6 is 0 Å². The molecule has 1 aromatic rings. The monoisotopic (exact) mass is 410 g/mol. The van der Waals surface area contributed by atoms with Crippen molar-refractivity contribution in [2.45, 2.75) is 30.8 Å². The number of halogens is 2. The Balaban J connectivity index is 2.68. The van der Waals surface area contributed by atoms with Crippen LogP contribution in [0.4, 0.5) is 8.78 Å². The number of ether oxygens (including phenoxy) is 1. The van der Waals surface area contributed by atoms with Crippen molar-refractivity contribution in [1.29, 1.82) is 5.26 Å². The van der Waals surface area contributed by atoms with Gasteiger partial charge in [-0.3, -0.25) is 4.79 Å². The molecule has 1 aliphatic carbocycles. The Labute approximate surface area is 162 Å². The third kappa shape index (κ3) is 3.98. The van der Waals surface area contributed by atoms with E-state index in [1.807, 2.05) is 6.07 Å². The highest BCUT2D eigenvalue weighted by Gasteiger charge is 2.54. The Kier molecular flexibility index (Phi) is 6.69. The fraction of sp³-hybridized carbons (Fsp3) is 0.368. The van der Waals surface area contributed by atoms with Gasteiger partial charge in [0, 0.05) is 17.7 Å². The van der Waals surface area contributed by atoms with E-state index in [0.29, 0.717) is 0 Å². The molecule has 0 radical (unpaired) electrons. The largest absolute Gasteiger partial charge is 0.366 e. The smallest absolute Gasteiger partial charge is 0.345 e. The topological polar surface area (TPSA) is 110 Å². The van der Waals surface area contributed by atoms with Gasteiger partial charge in [-0.25, -0.2) is 8.42 Å². The Bertz CT molecular complexity index is 937. The number of sulfone groups is 1. The molecule has 0 saturated heterocycles. The summed E-state index contributed by atoms with van der Waals surface area (Å²) in [5.74, 6) is -2.41. The molecular formula is C19H20F2N2O4S. The summed E-state index contributed by atoms with van der Waals surface area (Å²) in [6.45, 7) is -1.91. The van der Waals surface area contributed by atoms with Crippen LogP contribution in [0, 0.1) is 17.2 Å². The van der Waals surface area contributed by atoms with Crippen LogP contribution in [0.2, 0.25) is 0 Å². The van der Waals surface area contributed by atoms with Gasteiger partial charge in [-0.1, -0.05) is 49.4 Å². The number of carbonyl (C=O) groups is 1. The molecule has 0 heterocycles. The maximum absolute atomic E-state index is 13.3. The average Bonchev–Trinajstić information content (AvgIpc) is 2.67. The first kappa shape index (κ1) is 21.7.